The van der Waals surface area contributed by atoms with E-state index in [0.29, 0.717) is 12.5 Å². The molecule has 0 spiro atoms. The molecule has 120 valence electrons. The second-order valence-corrected chi connectivity index (χ2v) is 7.93. The number of halogens is 1. The Labute approximate surface area is 140 Å². The van der Waals surface area contributed by atoms with E-state index < -0.39 is 6.10 Å². The Morgan fingerprint density at radius 1 is 1.41 bits per heavy atom. The number of hydrogen-bond acceptors (Lipinski definition) is 4. The van der Waals surface area contributed by atoms with Gasteiger partial charge in [0.15, 0.2) is 0 Å². The molecular formula is C16H21ClN2O2S. The SMILES string of the molecule is CC(C)N(C(=O)C1CC(c2ccc(Cl)s2)=NO1)C1CCCC1. The smallest absolute Gasteiger partial charge is 0.267 e. The van der Waals surface area contributed by atoms with E-state index in [-0.39, 0.29) is 11.9 Å². The lowest BCUT2D eigenvalue weighted by Crippen LogP contribution is -2.48. The zero-order chi connectivity index (χ0) is 15.7. The number of thiophene rings is 1. The van der Waals surface area contributed by atoms with Crippen LogP contribution in [-0.2, 0) is 9.63 Å². The van der Waals surface area contributed by atoms with E-state index in [0.717, 1.165) is 27.8 Å². The van der Waals surface area contributed by atoms with Gasteiger partial charge in [0.2, 0.25) is 6.10 Å². The molecule has 1 saturated carbocycles. The van der Waals surface area contributed by atoms with Crippen molar-refractivity contribution >= 4 is 34.6 Å². The van der Waals surface area contributed by atoms with Crippen LogP contribution in [0.4, 0.5) is 0 Å². The summed E-state index contributed by atoms with van der Waals surface area (Å²) in [7, 11) is 0. The number of hydrogen-bond donors (Lipinski definition) is 0. The molecule has 0 saturated heterocycles. The van der Waals surface area contributed by atoms with Crippen LogP contribution in [0.25, 0.3) is 0 Å². The number of carbonyl (C=O) groups excluding carboxylic acids is 1. The van der Waals surface area contributed by atoms with Crippen molar-refractivity contribution in [2.75, 3.05) is 0 Å². The average Bonchev–Trinajstić information content (AvgIpc) is 3.18. The van der Waals surface area contributed by atoms with Crippen LogP contribution in [0.5, 0.6) is 0 Å². The van der Waals surface area contributed by atoms with Crippen molar-refractivity contribution in [1.82, 2.24) is 4.90 Å². The molecule has 6 heteroatoms. The highest BCUT2D eigenvalue weighted by Crippen LogP contribution is 2.30. The first-order valence-electron chi connectivity index (χ1n) is 7.87. The van der Waals surface area contributed by atoms with Crippen LogP contribution in [0, 0.1) is 0 Å². The van der Waals surface area contributed by atoms with Crippen LogP contribution in [0.1, 0.15) is 50.8 Å². The van der Waals surface area contributed by atoms with Crippen LogP contribution in [0.2, 0.25) is 4.34 Å². The Kier molecular flexibility index (Phi) is 4.73. The molecule has 2 aliphatic rings. The highest BCUT2D eigenvalue weighted by Gasteiger charge is 2.37. The Bertz CT molecular complexity index is 578. The first kappa shape index (κ1) is 15.8. The molecule has 0 aromatic carbocycles. The van der Waals surface area contributed by atoms with E-state index in [1.165, 1.54) is 24.2 Å². The number of oxime groups is 1. The molecule has 4 nitrogen and oxygen atoms in total. The van der Waals surface area contributed by atoms with Gasteiger partial charge in [-0.1, -0.05) is 29.6 Å². The van der Waals surface area contributed by atoms with Gasteiger partial charge in [-0.25, -0.2) is 0 Å². The normalized spacial score (nSPS) is 22.0. The molecule has 0 radical (unpaired) electrons. The third-order valence-corrected chi connectivity index (χ3v) is 5.61. The molecule has 1 aliphatic carbocycles. The third-order valence-electron chi connectivity index (χ3n) is 4.33. The molecule has 1 amide bonds. The molecule has 1 aliphatic heterocycles. The summed E-state index contributed by atoms with van der Waals surface area (Å²) in [4.78, 5) is 21.3. The van der Waals surface area contributed by atoms with Crippen LogP contribution in [0.15, 0.2) is 17.3 Å². The predicted octanol–water partition coefficient (Wildman–Crippen LogP) is 4.07. The standard InChI is InChI=1S/C16H21ClN2O2S/c1-10(2)19(11-5-3-4-6-11)16(20)13-9-12(18-21-13)14-7-8-15(17)22-14/h7-8,10-11,13H,3-6,9H2,1-2H3. The molecular weight excluding hydrogens is 320 g/mol. The van der Waals surface area contributed by atoms with Crippen LogP contribution in [-0.4, -0.2) is 34.7 Å². The van der Waals surface area contributed by atoms with Gasteiger partial charge in [-0.2, -0.15) is 0 Å². The topological polar surface area (TPSA) is 41.9 Å². The van der Waals surface area contributed by atoms with Gasteiger partial charge in [-0.3, -0.25) is 4.79 Å². The van der Waals surface area contributed by atoms with Crippen molar-refractivity contribution in [2.24, 2.45) is 5.16 Å². The summed E-state index contributed by atoms with van der Waals surface area (Å²) in [6.45, 7) is 4.15. The summed E-state index contributed by atoms with van der Waals surface area (Å²) in [6.07, 6.45) is 4.67. The predicted molar refractivity (Wildman–Crippen MR) is 89.6 cm³/mol. The second-order valence-electron chi connectivity index (χ2n) is 6.22. The second kappa shape index (κ2) is 6.59. The molecule has 1 fully saturated rings. The largest absolute Gasteiger partial charge is 0.382 e. The fraction of sp³-hybridized carbons (Fsp3) is 0.625. The molecule has 1 unspecified atom stereocenters. The van der Waals surface area contributed by atoms with Gasteiger partial charge in [0, 0.05) is 18.5 Å². The number of amides is 1. The van der Waals surface area contributed by atoms with Crippen molar-refractivity contribution in [3.05, 3.63) is 21.3 Å². The average molecular weight is 341 g/mol. The van der Waals surface area contributed by atoms with Gasteiger partial charge < -0.3 is 9.74 Å². The summed E-state index contributed by atoms with van der Waals surface area (Å²) in [5.74, 6) is 0.0725. The highest BCUT2D eigenvalue weighted by molar-refractivity contribution is 7.18. The van der Waals surface area contributed by atoms with E-state index in [2.05, 4.69) is 19.0 Å². The van der Waals surface area contributed by atoms with E-state index in [9.17, 15) is 4.79 Å². The van der Waals surface area contributed by atoms with Crippen molar-refractivity contribution in [2.45, 2.75) is 64.1 Å². The zero-order valence-corrected chi connectivity index (χ0v) is 14.5. The van der Waals surface area contributed by atoms with Crippen LogP contribution < -0.4 is 0 Å². The van der Waals surface area contributed by atoms with Gasteiger partial charge in [0.05, 0.1) is 9.21 Å². The van der Waals surface area contributed by atoms with Crippen LogP contribution >= 0.6 is 22.9 Å². The maximum atomic E-state index is 12.9. The van der Waals surface area contributed by atoms with Gasteiger partial charge in [-0.15, -0.1) is 11.3 Å². The first-order valence-corrected chi connectivity index (χ1v) is 9.06. The molecule has 22 heavy (non-hydrogen) atoms. The van der Waals surface area contributed by atoms with Gasteiger partial charge in [0.1, 0.15) is 5.71 Å². The lowest BCUT2D eigenvalue weighted by Gasteiger charge is -2.34. The number of nitrogens with zero attached hydrogens (tertiary/aromatic N) is 2. The molecule has 0 bridgehead atoms. The minimum Gasteiger partial charge on any atom is -0.382 e. The van der Waals surface area contributed by atoms with Crippen LogP contribution in [0.3, 0.4) is 0 Å². The summed E-state index contributed by atoms with van der Waals surface area (Å²) >= 11 is 7.43. The minimum atomic E-state index is -0.487. The van der Waals surface area contributed by atoms with Crippen molar-refractivity contribution in [3.8, 4) is 0 Å². The zero-order valence-electron chi connectivity index (χ0n) is 12.9. The lowest BCUT2D eigenvalue weighted by atomic mass is 10.1. The lowest BCUT2D eigenvalue weighted by molar-refractivity contribution is -0.146. The van der Waals surface area contributed by atoms with Gasteiger partial charge in [-0.05, 0) is 38.8 Å². The van der Waals surface area contributed by atoms with E-state index in [1.807, 2.05) is 17.0 Å². The molecule has 3 rings (SSSR count). The monoisotopic (exact) mass is 340 g/mol. The third kappa shape index (κ3) is 3.15. The summed E-state index contributed by atoms with van der Waals surface area (Å²) in [5, 5.41) is 4.11. The highest BCUT2D eigenvalue weighted by atomic mass is 35.5. The first-order chi connectivity index (χ1) is 10.6. The fourth-order valence-corrected chi connectivity index (χ4v) is 4.36. The molecule has 0 N–H and O–H groups in total. The Hall–Kier alpha value is -1.07. The minimum absolute atomic E-state index is 0.0725. The quantitative estimate of drug-likeness (QED) is 0.829. The summed E-state index contributed by atoms with van der Waals surface area (Å²) < 4.78 is 0.724. The fourth-order valence-electron chi connectivity index (χ4n) is 3.33. The van der Waals surface area contributed by atoms with Gasteiger partial charge >= 0.3 is 0 Å². The molecule has 1 atom stereocenters. The molecule has 1 aromatic rings. The summed E-state index contributed by atoms with van der Waals surface area (Å²) in [5.41, 5.74) is 0.824. The number of carbonyl (C=O) groups is 1. The Morgan fingerprint density at radius 3 is 2.73 bits per heavy atom. The molecule has 2 heterocycles. The van der Waals surface area contributed by atoms with Crippen molar-refractivity contribution in [1.29, 1.82) is 0 Å². The maximum Gasteiger partial charge on any atom is 0.267 e. The number of rotatable bonds is 4. The van der Waals surface area contributed by atoms with Gasteiger partial charge in [0.25, 0.3) is 5.91 Å². The van der Waals surface area contributed by atoms with Crippen molar-refractivity contribution < 1.29 is 9.63 Å². The Morgan fingerprint density at radius 2 is 2.14 bits per heavy atom. The van der Waals surface area contributed by atoms with E-state index in [4.69, 9.17) is 16.4 Å². The maximum absolute atomic E-state index is 12.9. The molecule has 1 aromatic heterocycles. The Balaban J connectivity index is 1.68. The van der Waals surface area contributed by atoms with E-state index >= 15 is 0 Å². The summed E-state index contributed by atoms with van der Waals surface area (Å²) in [6, 6.07) is 4.33. The van der Waals surface area contributed by atoms with E-state index in [1.54, 1.807) is 0 Å². The van der Waals surface area contributed by atoms with Crippen molar-refractivity contribution in [3.63, 3.8) is 0 Å².